The van der Waals surface area contributed by atoms with Crippen LogP contribution in [0.5, 0.6) is 0 Å². The maximum absolute atomic E-state index is 5.32. The highest BCUT2D eigenvalue weighted by molar-refractivity contribution is 5.38. The maximum atomic E-state index is 5.32. The van der Waals surface area contributed by atoms with Crippen molar-refractivity contribution < 1.29 is 9.47 Å². The van der Waals surface area contributed by atoms with Crippen molar-refractivity contribution >= 4 is 5.82 Å². The fraction of sp³-hybridized carbons (Fsp3) is 0.688. The van der Waals surface area contributed by atoms with Crippen LogP contribution >= 0.6 is 0 Å². The first-order valence-electron chi connectivity index (χ1n) is 7.33. The predicted molar refractivity (Wildman–Crippen MR) is 86.7 cm³/mol. The SMILES string of the molecule is COCC(CNc1ccc(CNC(C)(C)C)c(C)n1)OC. The van der Waals surface area contributed by atoms with Crippen LogP contribution < -0.4 is 10.6 Å². The van der Waals surface area contributed by atoms with Gasteiger partial charge in [0.25, 0.3) is 0 Å². The molecule has 0 aromatic carbocycles. The topological polar surface area (TPSA) is 55.4 Å². The van der Waals surface area contributed by atoms with Gasteiger partial charge in [0.1, 0.15) is 5.82 Å². The molecule has 0 bridgehead atoms. The van der Waals surface area contributed by atoms with Crippen LogP contribution in [0.15, 0.2) is 12.1 Å². The highest BCUT2D eigenvalue weighted by atomic mass is 16.5. The first kappa shape index (κ1) is 17.9. The van der Waals surface area contributed by atoms with E-state index >= 15 is 0 Å². The number of methoxy groups -OCH3 is 2. The summed E-state index contributed by atoms with van der Waals surface area (Å²) in [5, 5.41) is 6.76. The molecule has 2 N–H and O–H groups in total. The third-order valence-corrected chi connectivity index (χ3v) is 3.20. The lowest BCUT2D eigenvalue weighted by molar-refractivity contribution is 0.0365. The van der Waals surface area contributed by atoms with Gasteiger partial charge < -0.3 is 20.1 Å². The molecule has 120 valence electrons. The van der Waals surface area contributed by atoms with Crippen LogP contribution in [0.2, 0.25) is 0 Å². The molecule has 0 radical (unpaired) electrons. The molecular weight excluding hydrogens is 266 g/mol. The minimum Gasteiger partial charge on any atom is -0.382 e. The molecule has 0 fully saturated rings. The van der Waals surface area contributed by atoms with E-state index < -0.39 is 0 Å². The number of pyridine rings is 1. The second-order valence-electron chi connectivity index (χ2n) is 6.24. The normalized spacial score (nSPS) is 13.2. The van der Waals surface area contributed by atoms with Crippen LogP contribution in [0.3, 0.4) is 0 Å². The molecule has 5 heteroatoms. The van der Waals surface area contributed by atoms with Crippen LogP contribution in [0.25, 0.3) is 0 Å². The summed E-state index contributed by atoms with van der Waals surface area (Å²) in [6.45, 7) is 10.6. The maximum Gasteiger partial charge on any atom is 0.126 e. The van der Waals surface area contributed by atoms with Gasteiger partial charge >= 0.3 is 0 Å². The van der Waals surface area contributed by atoms with Gasteiger partial charge in [-0.2, -0.15) is 0 Å². The Labute approximate surface area is 128 Å². The number of hydrogen-bond donors (Lipinski definition) is 2. The lowest BCUT2D eigenvalue weighted by Crippen LogP contribution is -2.35. The van der Waals surface area contributed by atoms with Crippen molar-refractivity contribution in [1.82, 2.24) is 10.3 Å². The number of ether oxygens (including phenoxy) is 2. The molecule has 1 rings (SSSR count). The van der Waals surface area contributed by atoms with Crippen LogP contribution in [0.1, 0.15) is 32.0 Å². The fourth-order valence-electron chi connectivity index (χ4n) is 1.85. The van der Waals surface area contributed by atoms with Crippen molar-refractivity contribution in [2.45, 2.75) is 45.9 Å². The third-order valence-electron chi connectivity index (χ3n) is 3.20. The molecule has 0 amide bonds. The first-order valence-corrected chi connectivity index (χ1v) is 7.33. The van der Waals surface area contributed by atoms with Crippen LogP contribution in [-0.2, 0) is 16.0 Å². The molecule has 0 saturated carbocycles. The largest absolute Gasteiger partial charge is 0.382 e. The first-order chi connectivity index (χ1) is 9.85. The molecule has 0 saturated heterocycles. The summed E-state index contributed by atoms with van der Waals surface area (Å²) in [6, 6.07) is 4.12. The smallest absolute Gasteiger partial charge is 0.126 e. The van der Waals surface area contributed by atoms with Gasteiger partial charge in [0, 0.05) is 38.5 Å². The number of rotatable bonds is 8. The van der Waals surface area contributed by atoms with Gasteiger partial charge in [-0.15, -0.1) is 0 Å². The zero-order chi connectivity index (χ0) is 15.9. The molecule has 0 aliphatic carbocycles. The van der Waals surface area contributed by atoms with Crippen molar-refractivity contribution in [3.63, 3.8) is 0 Å². The molecule has 0 aliphatic heterocycles. The molecule has 0 spiro atoms. The van der Waals surface area contributed by atoms with Crippen LogP contribution in [0, 0.1) is 6.92 Å². The minimum atomic E-state index is 0.0272. The number of aromatic nitrogens is 1. The Morgan fingerprint density at radius 2 is 1.95 bits per heavy atom. The van der Waals surface area contributed by atoms with E-state index in [9.17, 15) is 0 Å². The van der Waals surface area contributed by atoms with Crippen molar-refractivity contribution in [2.75, 3.05) is 32.7 Å². The highest BCUT2D eigenvalue weighted by Gasteiger charge is 2.11. The van der Waals surface area contributed by atoms with Crippen molar-refractivity contribution in [3.8, 4) is 0 Å². The van der Waals surface area contributed by atoms with E-state index in [1.807, 2.05) is 13.0 Å². The van der Waals surface area contributed by atoms with Gasteiger partial charge in [-0.3, -0.25) is 0 Å². The van der Waals surface area contributed by atoms with Crippen molar-refractivity contribution in [3.05, 3.63) is 23.4 Å². The summed E-state index contributed by atoms with van der Waals surface area (Å²) < 4.78 is 10.4. The van der Waals surface area contributed by atoms with E-state index in [1.54, 1.807) is 14.2 Å². The Kier molecular flexibility index (Phi) is 7.08. The number of anilines is 1. The zero-order valence-corrected chi connectivity index (χ0v) is 14.1. The number of aryl methyl sites for hydroxylation is 1. The third kappa shape index (κ3) is 6.89. The Balaban J connectivity index is 2.57. The van der Waals surface area contributed by atoms with Crippen LogP contribution in [-0.4, -0.2) is 44.0 Å². The molecule has 5 nitrogen and oxygen atoms in total. The van der Waals surface area contributed by atoms with Crippen molar-refractivity contribution in [2.24, 2.45) is 0 Å². The van der Waals surface area contributed by atoms with Gasteiger partial charge in [0.15, 0.2) is 0 Å². The summed E-state index contributed by atoms with van der Waals surface area (Å²) in [5.41, 5.74) is 2.36. The average molecular weight is 295 g/mol. The standard InChI is InChI=1S/C16H29N3O2/c1-12-13(9-18-16(2,3)4)7-8-15(19-12)17-10-14(21-6)11-20-5/h7-8,14,18H,9-11H2,1-6H3,(H,17,19). The molecule has 21 heavy (non-hydrogen) atoms. The van der Waals surface area contributed by atoms with Gasteiger partial charge in [0.05, 0.1) is 12.7 Å². The Morgan fingerprint density at radius 3 is 2.48 bits per heavy atom. The summed E-state index contributed by atoms with van der Waals surface area (Å²) in [6.07, 6.45) is 0.0272. The summed E-state index contributed by atoms with van der Waals surface area (Å²) >= 11 is 0. The second-order valence-corrected chi connectivity index (χ2v) is 6.24. The van der Waals surface area contributed by atoms with E-state index in [-0.39, 0.29) is 11.6 Å². The Hall–Kier alpha value is -1.17. The lowest BCUT2D eigenvalue weighted by atomic mass is 10.1. The van der Waals surface area contributed by atoms with Gasteiger partial charge in [-0.05, 0) is 39.3 Å². The average Bonchev–Trinajstić information content (AvgIpc) is 2.41. The molecular formula is C16H29N3O2. The zero-order valence-electron chi connectivity index (χ0n) is 14.1. The Morgan fingerprint density at radius 1 is 1.24 bits per heavy atom. The lowest BCUT2D eigenvalue weighted by Gasteiger charge is -2.21. The number of nitrogens with one attached hydrogen (secondary N) is 2. The van der Waals surface area contributed by atoms with Crippen molar-refractivity contribution in [1.29, 1.82) is 0 Å². The van der Waals surface area contributed by atoms with Gasteiger partial charge in [-0.25, -0.2) is 4.98 Å². The molecule has 0 aliphatic rings. The quantitative estimate of drug-likeness (QED) is 0.771. The fourth-order valence-corrected chi connectivity index (χ4v) is 1.85. The van der Waals surface area contributed by atoms with Crippen LogP contribution in [0.4, 0.5) is 5.82 Å². The van der Waals surface area contributed by atoms with Gasteiger partial charge in [0.2, 0.25) is 0 Å². The molecule has 1 unspecified atom stereocenters. The number of hydrogen-bond acceptors (Lipinski definition) is 5. The highest BCUT2D eigenvalue weighted by Crippen LogP contribution is 2.12. The van der Waals surface area contributed by atoms with E-state index in [0.717, 1.165) is 18.1 Å². The van der Waals surface area contributed by atoms with E-state index in [1.165, 1.54) is 5.56 Å². The molecule has 1 aromatic rings. The Bertz CT molecular complexity index is 430. The summed E-state index contributed by atoms with van der Waals surface area (Å²) in [5.74, 6) is 0.866. The molecule has 1 heterocycles. The van der Waals surface area contributed by atoms with E-state index in [2.05, 4.69) is 42.5 Å². The minimum absolute atomic E-state index is 0.0272. The van der Waals surface area contributed by atoms with E-state index in [4.69, 9.17) is 9.47 Å². The monoisotopic (exact) mass is 295 g/mol. The molecule has 1 atom stereocenters. The molecule has 1 aromatic heterocycles. The number of nitrogens with zero attached hydrogens (tertiary/aromatic N) is 1. The second kappa shape index (κ2) is 8.32. The van der Waals surface area contributed by atoms with Gasteiger partial charge in [-0.1, -0.05) is 6.07 Å². The van der Waals surface area contributed by atoms with E-state index in [0.29, 0.717) is 13.2 Å². The summed E-state index contributed by atoms with van der Waals surface area (Å²) in [7, 11) is 3.36. The predicted octanol–water partition coefficient (Wildman–Crippen LogP) is 2.35. The summed E-state index contributed by atoms with van der Waals surface area (Å²) in [4.78, 5) is 4.59.